The molecule has 0 radical (unpaired) electrons. The molecule has 4 rings (SSSR count). The van der Waals surface area contributed by atoms with Gasteiger partial charge in [-0.1, -0.05) is 66.2 Å². The number of ether oxygens (including phenoxy) is 1. The highest BCUT2D eigenvalue weighted by Crippen LogP contribution is 2.36. The third-order valence-corrected chi connectivity index (χ3v) is 5.50. The van der Waals surface area contributed by atoms with Gasteiger partial charge in [-0.3, -0.25) is 4.79 Å². The lowest BCUT2D eigenvalue weighted by atomic mass is 9.91. The minimum Gasteiger partial charge on any atom is -0.491 e. The first-order valence-corrected chi connectivity index (χ1v) is 11.3. The Labute approximate surface area is 199 Å². The maximum Gasteiger partial charge on any atom is 0.256 e. The van der Waals surface area contributed by atoms with E-state index in [0.717, 1.165) is 22.4 Å². The first-order chi connectivity index (χ1) is 15.9. The summed E-state index contributed by atoms with van der Waals surface area (Å²) in [6.07, 6.45) is -0.0118. The lowest BCUT2D eigenvalue weighted by molar-refractivity contribution is -0.113. The molecule has 0 aliphatic carbocycles. The van der Waals surface area contributed by atoms with Gasteiger partial charge in [0.1, 0.15) is 5.75 Å². The number of carbonyl (C=O) groups excluding carboxylic acids is 1. The molecule has 0 bridgehead atoms. The number of hydrogen-bond acceptors (Lipinski definition) is 3. The van der Waals surface area contributed by atoms with E-state index in [1.165, 1.54) is 0 Å². The van der Waals surface area contributed by atoms with E-state index < -0.39 is 6.04 Å². The highest BCUT2D eigenvalue weighted by molar-refractivity contribution is 7.80. The van der Waals surface area contributed by atoms with E-state index in [4.69, 9.17) is 17.0 Å². The Hall–Kier alpha value is -3.64. The number of aryl methyl sites for hydroxylation is 1. The Morgan fingerprint density at radius 2 is 1.64 bits per heavy atom. The highest BCUT2D eigenvalue weighted by atomic mass is 32.1. The molecule has 0 fully saturated rings. The van der Waals surface area contributed by atoms with E-state index >= 15 is 0 Å². The summed E-state index contributed by atoms with van der Waals surface area (Å²) in [4.78, 5) is 13.7. The van der Waals surface area contributed by atoms with Crippen molar-refractivity contribution < 1.29 is 9.53 Å². The third kappa shape index (κ3) is 5.23. The minimum atomic E-state index is -0.491. The summed E-state index contributed by atoms with van der Waals surface area (Å²) in [6, 6.07) is 24.7. The van der Waals surface area contributed by atoms with E-state index in [0.29, 0.717) is 22.1 Å². The van der Waals surface area contributed by atoms with Gasteiger partial charge in [-0.05, 0) is 56.8 Å². The van der Waals surface area contributed by atoms with Crippen LogP contribution < -0.4 is 20.7 Å². The van der Waals surface area contributed by atoms with E-state index in [2.05, 4.69) is 16.0 Å². The smallest absolute Gasteiger partial charge is 0.256 e. The average Bonchev–Trinajstić information content (AvgIpc) is 2.80. The van der Waals surface area contributed by atoms with Gasteiger partial charge in [-0.25, -0.2) is 0 Å². The van der Waals surface area contributed by atoms with Crippen LogP contribution in [-0.2, 0) is 4.79 Å². The van der Waals surface area contributed by atoms with Gasteiger partial charge in [0.05, 0.1) is 23.4 Å². The Kier molecular flexibility index (Phi) is 6.75. The monoisotopic (exact) mass is 457 g/mol. The molecule has 1 aliphatic rings. The number of amides is 1. The number of rotatable bonds is 6. The summed E-state index contributed by atoms with van der Waals surface area (Å²) in [6.45, 7) is 5.97. The predicted octanol–water partition coefficient (Wildman–Crippen LogP) is 5.35. The highest BCUT2D eigenvalue weighted by Gasteiger charge is 2.34. The van der Waals surface area contributed by atoms with Crippen LogP contribution in [0.15, 0.2) is 84.4 Å². The summed E-state index contributed by atoms with van der Waals surface area (Å²) in [5.41, 5.74) is 4.79. The molecule has 0 aromatic heterocycles. The first-order valence-electron chi connectivity index (χ1n) is 10.9. The molecular formula is C27H27N3O2S. The predicted molar refractivity (Wildman–Crippen MR) is 137 cm³/mol. The van der Waals surface area contributed by atoms with Crippen LogP contribution in [0.25, 0.3) is 5.70 Å². The average molecular weight is 458 g/mol. The SMILES string of the molecule is Cc1ccc(NC(=O)C2=C(c3ccccc3)NC(=S)N[C@@H]2c2ccccc2OC(C)C)cc1. The lowest BCUT2D eigenvalue weighted by Gasteiger charge is -2.32. The fourth-order valence-corrected chi connectivity index (χ4v) is 4.01. The van der Waals surface area contributed by atoms with Gasteiger partial charge in [-0.15, -0.1) is 0 Å². The molecule has 33 heavy (non-hydrogen) atoms. The normalized spacial score (nSPS) is 15.6. The Morgan fingerprint density at radius 1 is 0.970 bits per heavy atom. The van der Waals surface area contributed by atoms with Crippen molar-refractivity contribution in [3.63, 3.8) is 0 Å². The minimum absolute atomic E-state index is 0.0118. The number of nitrogens with one attached hydrogen (secondary N) is 3. The van der Waals surface area contributed by atoms with Crippen molar-refractivity contribution in [1.82, 2.24) is 10.6 Å². The van der Waals surface area contributed by atoms with Crippen LogP contribution in [0.3, 0.4) is 0 Å². The molecule has 1 heterocycles. The Balaban J connectivity index is 1.85. The van der Waals surface area contributed by atoms with Crippen molar-refractivity contribution in [1.29, 1.82) is 0 Å². The zero-order chi connectivity index (χ0) is 23.4. The molecule has 6 heteroatoms. The molecule has 1 aliphatic heterocycles. The van der Waals surface area contributed by atoms with Gasteiger partial charge < -0.3 is 20.7 Å². The fourth-order valence-electron chi connectivity index (χ4n) is 3.79. The lowest BCUT2D eigenvalue weighted by Crippen LogP contribution is -2.46. The molecule has 0 spiro atoms. The van der Waals surface area contributed by atoms with Crippen molar-refractivity contribution in [2.45, 2.75) is 32.9 Å². The van der Waals surface area contributed by atoms with Crippen molar-refractivity contribution in [2.24, 2.45) is 0 Å². The van der Waals surface area contributed by atoms with Gasteiger partial charge in [0.15, 0.2) is 5.11 Å². The molecule has 5 nitrogen and oxygen atoms in total. The van der Waals surface area contributed by atoms with Gasteiger partial charge in [0.2, 0.25) is 0 Å². The summed E-state index contributed by atoms with van der Waals surface area (Å²) in [7, 11) is 0. The van der Waals surface area contributed by atoms with Crippen LogP contribution >= 0.6 is 12.2 Å². The van der Waals surface area contributed by atoms with Crippen molar-refractivity contribution >= 4 is 34.6 Å². The topological polar surface area (TPSA) is 62.4 Å². The van der Waals surface area contributed by atoms with Gasteiger partial charge in [-0.2, -0.15) is 0 Å². The fraction of sp³-hybridized carbons (Fsp3) is 0.185. The molecule has 0 saturated heterocycles. The second kappa shape index (κ2) is 9.88. The number of carbonyl (C=O) groups is 1. The molecule has 3 aromatic rings. The number of para-hydroxylation sites is 1. The number of benzene rings is 3. The van der Waals surface area contributed by atoms with Crippen molar-refractivity contribution in [2.75, 3.05) is 5.32 Å². The standard InChI is InChI=1S/C27H27N3O2S/c1-17(2)32-22-12-8-7-11-21(22)25-23(26(31)28-20-15-13-18(3)14-16-20)24(29-27(33)30-25)19-9-5-4-6-10-19/h4-17,25H,1-3H3,(H,28,31)(H2,29,30,33)/t25-/m1/s1. The molecule has 1 amide bonds. The van der Waals surface area contributed by atoms with Crippen LogP contribution in [-0.4, -0.2) is 17.1 Å². The zero-order valence-electron chi connectivity index (χ0n) is 18.9. The Bertz CT molecular complexity index is 1190. The third-order valence-electron chi connectivity index (χ3n) is 5.28. The van der Waals surface area contributed by atoms with E-state index in [1.807, 2.05) is 99.6 Å². The first kappa shape index (κ1) is 22.6. The van der Waals surface area contributed by atoms with Crippen LogP contribution in [0.4, 0.5) is 5.69 Å². The second-order valence-electron chi connectivity index (χ2n) is 8.21. The van der Waals surface area contributed by atoms with Gasteiger partial charge in [0, 0.05) is 11.3 Å². The molecule has 168 valence electrons. The molecule has 3 N–H and O–H groups in total. The van der Waals surface area contributed by atoms with Crippen LogP contribution in [0.1, 0.15) is 36.6 Å². The Morgan fingerprint density at radius 3 is 2.33 bits per heavy atom. The maximum atomic E-state index is 13.7. The van der Waals surface area contributed by atoms with Crippen LogP contribution in [0.5, 0.6) is 5.75 Å². The summed E-state index contributed by atoms with van der Waals surface area (Å²) in [5.74, 6) is 0.493. The number of anilines is 1. The van der Waals surface area contributed by atoms with Crippen LogP contribution in [0, 0.1) is 6.92 Å². The van der Waals surface area contributed by atoms with Gasteiger partial charge >= 0.3 is 0 Å². The molecular weight excluding hydrogens is 430 g/mol. The summed E-state index contributed by atoms with van der Waals surface area (Å²) in [5, 5.41) is 10.0. The molecule has 3 aromatic carbocycles. The van der Waals surface area contributed by atoms with Gasteiger partial charge in [0.25, 0.3) is 5.91 Å². The maximum absolute atomic E-state index is 13.7. The largest absolute Gasteiger partial charge is 0.491 e. The van der Waals surface area contributed by atoms with Crippen LogP contribution in [0.2, 0.25) is 0 Å². The zero-order valence-corrected chi connectivity index (χ0v) is 19.7. The second-order valence-corrected chi connectivity index (χ2v) is 8.62. The van der Waals surface area contributed by atoms with E-state index in [-0.39, 0.29) is 12.0 Å². The van der Waals surface area contributed by atoms with Crippen molar-refractivity contribution in [3.05, 3.63) is 101 Å². The van der Waals surface area contributed by atoms with E-state index in [9.17, 15) is 4.79 Å². The molecule has 0 saturated carbocycles. The summed E-state index contributed by atoms with van der Waals surface area (Å²) >= 11 is 5.55. The number of thiocarbonyl (C=S) groups is 1. The van der Waals surface area contributed by atoms with Crippen molar-refractivity contribution in [3.8, 4) is 5.75 Å². The number of hydrogen-bond donors (Lipinski definition) is 3. The van der Waals surface area contributed by atoms with E-state index in [1.54, 1.807) is 0 Å². The molecule has 1 atom stereocenters. The quantitative estimate of drug-likeness (QED) is 0.436. The molecule has 0 unspecified atom stereocenters. The summed E-state index contributed by atoms with van der Waals surface area (Å²) < 4.78 is 6.08.